The van der Waals surface area contributed by atoms with Gasteiger partial charge < -0.3 is 0 Å². The Balaban J connectivity index is 1.40. The summed E-state index contributed by atoms with van der Waals surface area (Å²) in [6.07, 6.45) is 7.23. The van der Waals surface area contributed by atoms with Crippen LogP contribution in [0, 0.1) is 0 Å². The molecule has 0 amide bonds. The molecule has 0 heterocycles. The van der Waals surface area contributed by atoms with E-state index in [2.05, 4.69) is 113 Å². The zero-order chi connectivity index (χ0) is 25.6. The maximum absolute atomic E-state index is 2.57. The van der Waals surface area contributed by atoms with Gasteiger partial charge in [-0.3, -0.25) is 0 Å². The molecule has 9 rings (SSSR count). The van der Waals surface area contributed by atoms with Crippen LogP contribution in [0.1, 0.15) is 73.9 Å². The third-order valence-electron chi connectivity index (χ3n) is 10.2. The Labute approximate surface area is 224 Å². The van der Waals surface area contributed by atoms with E-state index in [-0.39, 0.29) is 10.8 Å². The first-order valence-corrected chi connectivity index (χ1v) is 14.1. The lowest BCUT2D eigenvalue weighted by molar-refractivity contribution is 0.652. The third-order valence-corrected chi connectivity index (χ3v) is 10.2. The molecule has 4 aliphatic carbocycles. The predicted molar refractivity (Wildman–Crippen MR) is 162 cm³/mol. The number of hydrogen-bond donors (Lipinski definition) is 0. The number of benzene rings is 5. The van der Waals surface area contributed by atoms with Crippen LogP contribution in [0.25, 0.3) is 54.9 Å². The zero-order valence-electron chi connectivity index (χ0n) is 22.5. The molecular weight excluding hydrogens is 456 g/mol. The number of hydrogen-bond acceptors (Lipinski definition) is 0. The fraction of sp³-hybridized carbons (Fsp3) is 0.211. The number of allylic oxidation sites excluding steroid dienone is 4. The molecular formula is C38H30. The van der Waals surface area contributed by atoms with E-state index in [1.54, 1.807) is 0 Å². The summed E-state index contributed by atoms with van der Waals surface area (Å²) in [5, 5.41) is 5.59. The largest absolute Gasteiger partial charge is 0.0757 e. The smallest absolute Gasteiger partial charge is 0.0159 e. The van der Waals surface area contributed by atoms with E-state index in [0.717, 1.165) is 12.8 Å². The molecule has 38 heavy (non-hydrogen) atoms. The maximum atomic E-state index is 2.57. The fourth-order valence-corrected chi connectivity index (χ4v) is 8.31. The molecule has 0 aromatic heterocycles. The van der Waals surface area contributed by atoms with Crippen molar-refractivity contribution >= 4 is 32.7 Å². The van der Waals surface area contributed by atoms with E-state index in [4.69, 9.17) is 0 Å². The fourth-order valence-electron chi connectivity index (χ4n) is 8.31. The van der Waals surface area contributed by atoms with Crippen molar-refractivity contribution in [2.75, 3.05) is 0 Å². The minimum Gasteiger partial charge on any atom is -0.0757 e. The zero-order valence-corrected chi connectivity index (χ0v) is 22.5. The Bertz CT molecular complexity index is 2000. The van der Waals surface area contributed by atoms with Crippen molar-refractivity contribution in [1.82, 2.24) is 0 Å². The highest BCUT2D eigenvalue weighted by Gasteiger charge is 2.43. The number of fused-ring (bicyclic) bond motifs is 12. The van der Waals surface area contributed by atoms with Crippen molar-refractivity contribution in [2.24, 2.45) is 0 Å². The normalized spacial score (nSPS) is 18.5. The number of rotatable bonds is 0. The molecule has 0 saturated carbocycles. The highest BCUT2D eigenvalue weighted by Crippen LogP contribution is 2.60. The van der Waals surface area contributed by atoms with Gasteiger partial charge in [-0.1, -0.05) is 94.4 Å². The molecule has 0 fully saturated rings. The van der Waals surface area contributed by atoms with Gasteiger partial charge in [-0.25, -0.2) is 0 Å². The summed E-state index contributed by atoms with van der Waals surface area (Å²) in [6.45, 7) is 9.71. The van der Waals surface area contributed by atoms with Gasteiger partial charge in [-0.05, 0) is 119 Å². The van der Waals surface area contributed by atoms with Crippen molar-refractivity contribution in [2.45, 2.75) is 51.4 Å². The second-order valence-corrected chi connectivity index (χ2v) is 12.8. The molecule has 0 nitrogen and oxygen atoms in total. The average Bonchev–Trinajstić information content (AvgIpc) is 3.46. The first kappa shape index (κ1) is 21.1. The lowest BCUT2D eigenvalue weighted by Crippen LogP contribution is -2.17. The second-order valence-electron chi connectivity index (χ2n) is 12.8. The van der Waals surface area contributed by atoms with Gasteiger partial charge in [-0.15, -0.1) is 0 Å². The Hall–Kier alpha value is -3.90. The highest BCUT2D eigenvalue weighted by molar-refractivity contribution is 6.25. The monoisotopic (exact) mass is 486 g/mol. The van der Waals surface area contributed by atoms with Crippen LogP contribution in [0.3, 0.4) is 0 Å². The van der Waals surface area contributed by atoms with Crippen molar-refractivity contribution in [3.05, 3.63) is 118 Å². The van der Waals surface area contributed by atoms with Crippen molar-refractivity contribution in [3.8, 4) is 22.3 Å². The summed E-state index contributed by atoms with van der Waals surface area (Å²) >= 11 is 0. The molecule has 4 aliphatic rings. The Morgan fingerprint density at radius 3 is 1.87 bits per heavy atom. The Morgan fingerprint density at radius 2 is 1.11 bits per heavy atom. The maximum Gasteiger partial charge on any atom is 0.0159 e. The molecule has 0 atom stereocenters. The van der Waals surface area contributed by atoms with E-state index in [1.807, 2.05) is 0 Å². The molecule has 0 radical (unpaired) electrons. The van der Waals surface area contributed by atoms with Crippen molar-refractivity contribution < 1.29 is 0 Å². The van der Waals surface area contributed by atoms with Crippen LogP contribution in [-0.2, 0) is 10.8 Å². The lowest BCUT2D eigenvalue weighted by Gasteiger charge is -2.24. The minimum absolute atomic E-state index is 0.0317. The van der Waals surface area contributed by atoms with Gasteiger partial charge in [-0.2, -0.15) is 0 Å². The second kappa shape index (κ2) is 6.56. The van der Waals surface area contributed by atoms with E-state index in [1.165, 1.54) is 88.3 Å². The predicted octanol–water partition coefficient (Wildman–Crippen LogP) is 10.2. The van der Waals surface area contributed by atoms with E-state index < -0.39 is 0 Å². The van der Waals surface area contributed by atoms with Crippen LogP contribution < -0.4 is 0 Å². The van der Waals surface area contributed by atoms with Crippen LogP contribution in [0.5, 0.6) is 0 Å². The van der Waals surface area contributed by atoms with Gasteiger partial charge in [0, 0.05) is 10.8 Å². The highest BCUT2D eigenvalue weighted by atomic mass is 14.5. The molecule has 182 valence electrons. The van der Waals surface area contributed by atoms with Gasteiger partial charge in [0.15, 0.2) is 0 Å². The van der Waals surface area contributed by atoms with Crippen LogP contribution in [0.4, 0.5) is 0 Å². The quantitative estimate of drug-likeness (QED) is 0.204. The molecule has 0 bridgehead atoms. The summed E-state index contributed by atoms with van der Waals surface area (Å²) in [5.41, 5.74) is 17.4. The molecule has 0 saturated heterocycles. The summed E-state index contributed by atoms with van der Waals surface area (Å²) in [6, 6.07) is 28.3. The summed E-state index contributed by atoms with van der Waals surface area (Å²) in [5.74, 6) is 0. The Kier molecular flexibility index (Phi) is 3.64. The molecule has 0 N–H and O–H groups in total. The summed E-state index contributed by atoms with van der Waals surface area (Å²) in [4.78, 5) is 0. The average molecular weight is 487 g/mol. The summed E-state index contributed by atoms with van der Waals surface area (Å²) < 4.78 is 0. The van der Waals surface area contributed by atoms with E-state index in [0.29, 0.717) is 0 Å². The minimum atomic E-state index is -0.0560. The van der Waals surface area contributed by atoms with Crippen molar-refractivity contribution in [3.63, 3.8) is 0 Å². The molecule has 0 aliphatic heterocycles. The van der Waals surface area contributed by atoms with Gasteiger partial charge in [0.2, 0.25) is 0 Å². The lowest BCUT2D eigenvalue weighted by atomic mass is 9.79. The van der Waals surface area contributed by atoms with Crippen LogP contribution in [-0.4, -0.2) is 0 Å². The van der Waals surface area contributed by atoms with Gasteiger partial charge in [0.05, 0.1) is 0 Å². The third kappa shape index (κ3) is 2.26. The Morgan fingerprint density at radius 1 is 0.500 bits per heavy atom. The van der Waals surface area contributed by atoms with Crippen LogP contribution in [0.15, 0.2) is 84.9 Å². The van der Waals surface area contributed by atoms with E-state index in [9.17, 15) is 0 Å². The van der Waals surface area contributed by atoms with Gasteiger partial charge >= 0.3 is 0 Å². The van der Waals surface area contributed by atoms with Crippen molar-refractivity contribution in [1.29, 1.82) is 0 Å². The SMILES string of the molecule is CC1(C)c2cc3c(cc2-c2c1ccc1ccccc21)C(C)(C)c1cc2c4c(cccc4c1-3)C1=CCCC=C12. The first-order chi connectivity index (χ1) is 18.4. The first-order valence-electron chi connectivity index (χ1n) is 14.1. The molecule has 0 heteroatoms. The molecule has 5 aromatic rings. The molecule has 5 aromatic carbocycles. The standard InChI is InChI=1S/C38H30/c1-37(2)30-17-16-21-10-5-6-11-22(21)35(30)28-19-32-29(20-31(28)37)36-26-15-9-14-25-23-12-7-8-13-24(23)27(34(25)26)18-33(36)38(32,3)4/h5-6,9-20H,7-8H2,1-4H3. The van der Waals surface area contributed by atoms with Gasteiger partial charge in [0.1, 0.15) is 0 Å². The van der Waals surface area contributed by atoms with Crippen LogP contribution >= 0.6 is 0 Å². The molecule has 0 unspecified atom stereocenters. The van der Waals surface area contributed by atoms with E-state index >= 15 is 0 Å². The van der Waals surface area contributed by atoms with Gasteiger partial charge in [0.25, 0.3) is 0 Å². The van der Waals surface area contributed by atoms with Crippen LogP contribution in [0.2, 0.25) is 0 Å². The molecule has 0 spiro atoms. The summed E-state index contributed by atoms with van der Waals surface area (Å²) in [7, 11) is 0. The topological polar surface area (TPSA) is 0 Å².